The zero-order valence-electron chi connectivity index (χ0n) is 19.2. The number of nitrogens with zero attached hydrogens (tertiary/aromatic N) is 2. The smallest absolute Gasteiger partial charge is 0.274 e. The van der Waals surface area contributed by atoms with Gasteiger partial charge in [0.05, 0.1) is 12.0 Å². The van der Waals surface area contributed by atoms with Crippen LogP contribution in [0.4, 0.5) is 11.4 Å². The van der Waals surface area contributed by atoms with Gasteiger partial charge in [0.15, 0.2) is 0 Å². The molecule has 1 saturated heterocycles. The molecular weight excluding hydrogens is 468 g/mol. The highest BCUT2D eigenvalue weighted by molar-refractivity contribution is 7.89. The van der Waals surface area contributed by atoms with E-state index in [-0.39, 0.29) is 35.7 Å². The first-order valence-electron chi connectivity index (χ1n) is 11.1. The van der Waals surface area contributed by atoms with Gasteiger partial charge in [0.1, 0.15) is 11.4 Å². The van der Waals surface area contributed by atoms with E-state index in [4.69, 9.17) is 4.74 Å². The lowest BCUT2D eigenvalue weighted by Gasteiger charge is -2.30. The minimum Gasteiger partial charge on any atom is -0.497 e. The van der Waals surface area contributed by atoms with Gasteiger partial charge in [-0.3, -0.25) is 14.6 Å². The number of methoxy groups -OCH3 is 1. The van der Waals surface area contributed by atoms with E-state index in [1.54, 1.807) is 60.8 Å². The number of amides is 2. The van der Waals surface area contributed by atoms with Crippen LogP contribution in [0.5, 0.6) is 5.75 Å². The van der Waals surface area contributed by atoms with Crippen molar-refractivity contribution < 1.29 is 22.7 Å². The lowest BCUT2D eigenvalue weighted by Crippen LogP contribution is -2.41. The van der Waals surface area contributed by atoms with Crippen LogP contribution >= 0.6 is 0 Å². The van der Waals surface area contributed by atoms with E-state index in [0.717, 1.165) is 0 Å². The van der Waals surface area contributed by atoms with Gasteiger partial charge in [-0.15, -0.1) is 0 Å². The number of aromatic nitrogens is 1. The number of nitrogens with one attached hydrogen (secondary N) is 2. The van der Waals surface area contributed by atoms with Gasteiger partial charge in [-0.2, -0.15) is 4.31 Å². The third-order valence-electron chi connectivity index (χ3n) is 5.83. The Morgan fingerprint density at radius 3 is 2.11 bits per heavy atom. The summed E-state index contributed by atoms with van der Waals surface area (Å²) in [6.07, 6.45) is 2.41. The monoisotopic (exact) mass is 494 g/mol. The summed E-state index contributed by atoms with van der Waals surface area (Å²) in [6.45, 7) is 0.538. The molecule has 2 N–H and O–H groups in total. The molecule has 2 amide bonds. The topological polar surface area (TPSA) is 118 Å². The fourth-order valence-corrected chi connectivity index (χ4v) is 5.30. The summed E-state index contributed by atoms with van der Waals surface area (Å²) in [5, 5.41) is 5.63. The van der Waals surface area contributed by atoms with Crippen LogP contribution in [0.2, 0.25) is 0 Å². The van der Waals surface area contributed by atoms with Gasteiger partial charge in [0.25, 0.3) is 5.91 Å². The second kappa shape index (κ2) is 10.7. The highest BCUT2D eigenvalue weighted by atomic mass is 32.2. The van der Waals surface area contributed by atoms with Crippen molar-refractivity contribution in [1.82, 2.24) is 9.29 Å². The predicted octanol–water partition coefficient (Wildman–Crippen LogP) is 3.38. The van der Waals surface area contributed by atoms with Crippen molar-refractivity contribution in [2.45, 2.75) is 17.7 Å². The van der Waals surface area contributed by atoms with Crippen molar-refractivity contribution in [2.24, 2.45) is 5.92 Å². The summed E-state index contributed by atoms with van der Waals surface area (Å²) in [5.41, 5.74) is 1.49. The average molecular weight is 495 g/mol. The maximum atomic E-state index is 12.9. The quantitative estimate of drug-likeness (QED) is 0.520. The summed E-state index contributed by atoms with van der Waals surface area (Å²) < 4.78 is 32.3. The van der Waals surface area contributed by atoms with E-state index in [9.17, 15) is 18.0 Å². The van der Waals surface area contributed by atoms with Gasteiger partial charge in [0.2, 0.25) is 15.9 Å². The number of rotatable bonds is 7. The van der Waals surface area contributed by atoms with Crippen LogP contribution < -0.4 is 15.4 Å². The Bertz CT molecular complexity index is 1270. The maximum absolute atomic E-state index is 12.9. The SMILES string of the molecule is COc1ccc(S(=O)(=O)N2CCC(C(=O)Nc3ccc(NC(=O)c4ccccn4)cc3)CC2)cc1. The summed E-state index contributed by atoms with van der Waals surface area (Å²) in [6, 6.07) is 18.2. The summed E-state index contributed by atoms with van der Waals surface area (Å²) in [5.74, 6) is -0.181. The summed E-state index contributed by atoms with van der Waals surface area (Å²) in [4.78, 5) is 29.2. The Labute approximate surface area is 204 Å². The molecule has 0 atom stereocenters. The number of sulfonamides is 1. The molecule has 1 aliphatic rings. The molecule has 0 aliphatic carbocycles. The molecule has 35 heavy (non-hydrogen) atoms. The van der Waals surface area contributed by atoms with E-state index in [2.05, 4.69) is 15.6 Å². The number of hydrogen-bond donors (Lipinski definition) is 2. The standard InChI is InChI=1S/C25H26N4O5S/c1-34-21-9-11-22(12-10-21)35(32,33)29-16-13-18(14-17-29)24(30)27-19-5-7-20(8-6-19)28-25(31)23-4-2-3-15-26-23/h2-12,15,18H,13-14,16-17H2,1H3,(H,27,30)(H,28,31). The van der Waals surface area contributed by atoms with Crippen LogP contribution in [-0.2, 0) is 14.8 Å². The first-order valence-corrected chi connectivity index (χ1v) is 12.6. The van der Waals surface area contributed by atoms with Crippen molar-refractivity contribution in [2.75, 3.05) is 30.8 Å². The van der Waals surface area contributed by atoms with E-state index >= 15 is 0 Å². The number of benzene rings is 2. The molecule has 9 nitrogen and oxygen atoms in total. The summed E-state index contributed by atoms with van der Waals surface area (Å²) in [7, 11) is -2.10. The third-order valence-corrected chi connectivity index (χ3v) is 7.74. The molecule has 1 aromatic heterocycles. The lowest BCUT2D eigenvalue weighted by molar-refractivity contribution is -0.120. The Kier molecular flexibility index (Phi) is 7.42. The van der Waals surface area contributed by atoms with Gasteiger partial charge >= 0.3 is 0 Å². The normalized spacial score (nSPS) is 14.8. The van der Waals surface area contributed by atoms with E-state index in [1.807, 2.05) is 0 Å². The van der Waals surface area contributed by atoms with Crippen LogP contribution in [0.15, 0.2) is 77.8 Å². The maximum Gasteiger partial charge on any atom is 0.274 e. The highest BCUT2D eigenvalue weighted by Crippen LogP contribution is 2.26. The Morgan fingerprint density at radius 2 is 1.54 bits per heavy atom. The molecule has 3 aromatic rings. The van der Waals surface area contributed by atoms with Gasteiger partial charge in [0, 0.05) is 36.6 Å². The largest absolute Gasteiger partial charge is 0.497 e. The molecule has 0 bridgehead atoms. The molecule has 2 heterocycles. The number of pyridine rings is 1. The predicted molar refractivity (Wildman–Crippen MR) is 132 cm³/mol. The molecule has 1 fully saturated rings. The second-order valence-corrected chi connectivity index (χ2v) is 10.0. The first kappa shape index (κ1) is 24.4. The fraction of sp³-hybridized carbons (Fsp3) is 0.240. The van der Waals surface area contributed by atoms with Crippen molar-refractivity contribution in [1.29, 1.82) is 0 Å². The van der Waals surface area contributed by atoms with Crippen molar-refractivity contribution in [3.8, 4) is 5.75 Å². The van der Waals surface area contributed by atoms with Gasteiger partial charge in [-0.05, 0) is 73.5 Å². The highest BCUT2D eigenvalue weighted by Gasteiger charge is 2.32. The van der Waals surface area contributed by atoms with E-state index in [1.165, 1.54) is 23.5 Å². The number of ether oxygens (including phenoxy) is 1. The van der Waals surface area contributed by atoms with E-state index in [0.29, 0.717) is 35.7 Å². The zero-order valence-corrected chi connectivity index (χ0v) is 20.0. The van der Waals surface area contributed by atoms with Crippen molar-refractivity contribution in [3.63, 3.8) is 0 Å². The molecule has 1 aliphatic heterocycles. The number of piperidine rings is 1. The number of carbonyl (C=O) groups excluding carboxylic acids is 2. The van der Waals surface area contributed by atoms with Crippen molar-refractivity contribution in [3.05, 3.63) is 78.6 Å². The number of anilines is 2. The van der Waals surface area contributed by atoms with Gasteiger partial charge in [-0.1, -0.05) is 6.07 Å². The minimum absolute atomic E-state index is 0.156. The molecule has 10 heteroatoms. The molecular formula is C25H26N4O5S. The van der Waals surface area contributed by atoms with Crippen LogP contribution in [0.1, 0.15) is 23.3 Å². The lowest BCUT2D eigenvalue weighted by atomic mass is 9.97. The Balaban J connectivity index is 1.29. The van der Waals surface area contributed by atoms with Gasteiger partial charge < -0.3 is 15.4 Å². The molecule has 2 aromatic carbocycles. The van der Waals surface area contributed by atoms with Crippen LogP contribution in [0.3, 0.4) is 0 Å². The first-order chi connectivity index (χ1) is 16.9. The molecule has 0 spiro atoms. The number of hydrogen-bond acceptors (Lipinski definition) is 6. The molecule has 0 unspecified atom stereocenters. The molecule has 0 saturated carbocycles. The van der Waals surface area contributed by atoms with Crippen LogP contribution in [-0.4, -0.2) is 49.7 Å². The zero-order chi connectivity index (χ0) is 24.8. The minimum atomic E-state index is -3.62. The molecule has 0 radical (unpaired) electrons. The molecule has 4 rings (SSSR count). The number of carbonyl (C=O) groups is 2. The van der Waals surface area contributed by atoms with Crippen LogP contribution in [0.25, 0.3) is 0 Å². The van der Waals surface area contributed by atoms with E-state index < -0.39 is 10.0 Å². The average Bonchev–Trinajstić information content (AvgIpc) is 2.90. The van der Waals surface area contributed by atoms with Crippen LogP contribution in [0, 0.1) is 5.92 Å². The summed E-state index contributed by atoms with van der Waals surface area (Å²) >= 11 is 0. The van der Waals surface area contributed by atoms with Gasteiger partial charge in [-0.25, -0.2) is 8.42 Å². The molecule has 182 valence electrons. The Hall–Kier alpha value is -3.76. The second-order valence-electron chi connectivity index (χ2n) is 8.09. The van der Waals surface area contributed by atoms with Crippen molar-refractivity contribution >= 4 is 33.2 Å². The Morgan fingerprint density at radius 1 is 0.914 bits per heavy atom. The third kappa shape index (κ3) is 5.84. The fourth-order valence-electron chi connectivity index (χ4n) is 3.83.